The van der Waals surface area contributed by atoms with Gasteiger partial charge in [-0.25, -0.2) is 4.79 Å². The number of aromatic nitrogens is 1. The molecule has 2 amide bonds. The number of hydrogen-bond acceptors (Lipinski definition) is 6. The third kappa shape index (κ3) is 6.01. The second kappa shape index (κ2) is 11.7. The van der Waals surface area contributed by atoms with E-state index in [1.807, 2.05) is 74.6 Å². The third-order valence-corrected chi connectivity index (χ3v) is 6.23. The molecule has 1 atom stereocenters. The fraction of sp³-hybridized carbons (Fsp3) is 0.321. The van der Waals surface area contributed by atoms with Crippen LogP contribution in [0.4, 0.5) is 16.2 Å². The summed E-state index contributed by atoms with van der Waals surface area (Å²) in [5.74, 6) is -0.0616. The number of carbonyl (C=O) groups excluding carboxylic acids is 2. The summed E-state index contributed by atoms with van der Waals surface area (Å²) in [5.41, 5.74) is 5.17. The molecule has 0 spiro atoms. The Morgan fingerprint density at radius 1 is 1.11 bits per heavy atom. The quantitative estimate of drug-likeness (QED) is 0.503. The van der Waals surface area contributed by atoms with Gasteiger partial charge in [0.2, 0.25) is 0 Å². The van der Waals surface area contributed by atoms with Gasteiger partial charge >= 0.3 is 6.09 Å². The highest BCUT2D eigenvalue weighted by molar-refractivity contribution is 6.10. The van der Waals surface area contributed by atoms with Crippen molar-refractivity contribution in [1.29, 1.82) is 0 Å². The zero-order valence-corrected chi connectivity index (χ0v) is 20.9. The Morgan fingerprint density at radius 2 is 1.92 bits per heavy atom. The van der Waals surface area contributed by atoms with Crippen molar-refractivity contribution in [3.63, 3.8) is 0 Å². The highest BCUT2D eigenvalue weighted by Gasteiger charge is 2.26. The number of benzene rings is 2. The van der Waals surface area contributed by atoms with Crippen molar-refractivity contribution < 1.29 is 19.1 Å². The lowest BCUT2D eigenvalue weighted by Gasteiger charge is -2.22. The molecule has 8 heteroatoms. The maximum absolute atomic E-state index is 13.4. The summed E-state index contributed by atoms with van der Waals surface area (Å²) < 4.78 is 11.5. The lowest BCUT2D eigenvalue weighted by atomic mass is 10.1. The molecule has 0 fully saturated rings. The van der Waals surface area contributed by atoms with Crippen LogP contribution in [-0.4, -0.2) is 50.8 Å². The summed E-state index contributed by atoms with van der Waals surface area (Å²) in [4.78, 5) is 33.1. The molecule has 0 bridgehead atoms. The van der Waals surface area contributed by atoms with Crippen LogP contribution in [0.3, 0.4) is 0 Å². The van der Waals surface area contributed by atoms with Crippen LogP contribution in [0.5, 0.6) is 0 Å². The van der Waals surface area contributed by atoms with Crippen LogP contribution < -0.4 is 15.1 Å². The Labute approximate surface area is 211 Å². The van der Waals surface area contributed by atoms with E-state index in [4.69, 9.17) is 9.47 Å². The minimum absolute atomic E-state index is 0.0616. The van der Waals surface area contributed by atoms with E-state index in [2.05, 4.69) is 15.2 Å². The number of anilines is 2. The van der Waals surface area contributed by atoms with Gasteiger partial charge in [-0.2, -0.15) is 0 Å². The molecule has 1 aromatic heterocycles. The molecule has 0 aliphatic carbocycles. The number of carbonyl (C=O) groups is 2. The van der Waals surface area contributed by atoms with E-state index in [9.17, 15) is 9.59 Å². The van der Waals surface area contributed by atoms with Gasteiger partial charge < -0.3 is 24.6 Å². The highest BCUT2D eigenvalue weighted by Crippen LogP contribution is 2.29. The molecule has 2 heterocycles. The predicted molar refractivity (Wildman–Crippen MR) is 139 cm³/mol. The van der Waals surface area contributed by atoms with Crippen LogP contribution in [0.15, 0.2) is 66.9 Å². The van der Waals surface area contributed by atoms with Crippen molar-refractivity contribution in [2.45, 2.75) is 26.1 Å². The fourth-order valence-corrected chi connectivity index (χ4v) is 4.25. The molecular weight excluding hydrogens is 456 g/mol. The lowest BCUT2D eigenvalue weighted by Crippen LogP contribution is -2.33. The smallest absolute Gasteiger partial charge is 0.406 e. The van der Waals surface area contributed by atoms with Crippen molar-refractivity contribution in [3.8, 4) is 0 Å². The van der Waals surface area contributed by atoms with Crippen molar-refractivity contribution in [1.82, 2.24) is 10.3 Å². The Bertz CT molecular complexity index is 1200. The standard InChI is InChI=1S/C28H32N4O4/c1-20-16-25-24(18-30-20)27(33)32(14-13-31(25)3)23-11-7-8-21(17-23)19-36-26(12-15-35-28(34)29-2)22-9-5-4-6-10-22/h4-11,16-18,26H,12-15,19H2,1-3H3,(H,29,34). The number of likely N-dealkylation sites (N-methyl/N-ethyl adjacent to an activating group) is 1. The maximum atomic E-state index is 13.4. The number of nitrogens with zero attached hydrogens (tertiary/aromatic N) is 3. The molecule has 0 saturated carbocycles. The lowest BCUT2D eigenvalue weighted by molar-refractivity contribution is 0.0199. The van der Waals surface area contributed by atoms with Crippen LogP contribution in [0.1, 0.15) is 39.7 Å². The van der Waals surface area contributed by atoms with E-state index < -0.39 is 6.09 Å². The maximum Gasteiger partial charge on any atom is 0.406 e. The molecule has 0 saturated heterocycles. The van der Waals surface area contributed by atoms with Crippen molar-refractivity contribution in [3.05, 3.63) is 89.2 Å². The molecular formula is C28H32N4O4. The van der Waals surface area contributed by atoms with E-state index >= 15 is 0 Å². The van der Waals surface area contributed by atoms with Gasteiger partial charge in [-0.1, -0.05) is 42.5 Å². The number of nitrogens with one attached hydrogen (secondary N) is 1. The van der Waals surface area contributed by atoms with Crippen molar-refractivity contribution in [2.24, 2.45) is 0 Å². The number of alkyl carbamates (subject to hydrolysis) is 1. The topological polar surface area (TPSA) is 84.0 Å². The van der Waals surface area contributed by atoms with Gasteiger partial charge in [0.25, 0.3) is 5.91 Å². The number of amides is 2. The minimum Gasteiger partial charge on any atom is -0.449 e. The molecule has 4 rings (SSSR count). The summed E-state index contributed by atoms with van der Waals surface area (Å²) in [5, 5.41) is 2.45. The predicted octanol–water partition coefficient (Wildman–Crippen LogP) is 4.49. The second-order valence-electron chi connectivity index (χ2n) is 8.78. The first-order valence-corrected chi connectivity index (χ1v) is 12.1. The van der Waals surface area contributed by atoms with Gasteiger partial charge in [-0.3, -0.25) is 9.78 Å². The van der Waals surface area contributed by atoms with Crippen LogP contribution in [0, 0.1) is 6.92 Å². The normalized spacial score (nSPS) is 14.1. The molecule has 36 heavy (non-hydrogen) atoms. The minimum atomic E-state index is -0.464. The monoisotopic (exact) mass is 488 g/mol. The number of aryl methyl sites for hydroxylation is 1. The van der Waals surface area contributed by atoms with Gasteiger partial charge in [-0.05, 0) is 36.2 Å². The Kier molecular flexibility index (Phi) is 8.17. The van der Waals surface area contributed by atoms with E-state index in [-0.39, 0.29) is 18.6 Å². The zero-order chi connectivity index (χ0) is 25.5. The molecule has 1 N–H and O–H groups in total. The number of hydrogen-bond donors (Lipinski definition) is 1. The average Bonchev–Trinajstić information content (AvgIpc) is 3.02. The number of fused-ring (bicyclic) bond motifs is 1. The summed E-state index contributed by atoms with van der Waals surface area (Å²) in [6, 6.07) is 19.7. The van der Waals surface area contributed by atoms with Crippen LogP contribution in [-0.2, 0) is 16.1 Å². The van der Waals surface area contributed by atoms with Crippen LogP contribution in [0.2, 0.25) is 0 Å². The number of rotatable bonds is 8. The zero-order valence-electron chi connectivity index (χ0n) is 20.9. The second-order valence-corrected chi connectivity index (χ2v) is 8.78. The largest absolute Gasteiger partial charge is 0.449 e. The first-order chi connectivity index (χ1) is 17.5. The third-order valence-electron chi connectivity index (χ3n) is 6.23. The van der Waals surface area contributed by atoms with Gasteiger partial charge in [0, 0.05) is 51.2 Å². The van der Waals surface area contributed by atoms with Crippen LogP contribution >= 0.6 is 0 Å². The van der Waals surface area contributed by atoms with E-state index in [1.165, 1.54) is 7.05 Å². The molecule has 188 valence electrons. The first-order valence-electron chi connectivity index (χ1n) is 12.1. The number of ether oxygens (including phenoxy) is 2. The Balaban J connectivity index is 1.49. The van der Waals surface area contributed by atoms with Gasteiger partial charge in [0.05, 0.1) is 30.6 Å². The van der Waals surface area contributed by atoms with Gasteiger partial charge in [0.1, 0.15) is 0 Å². The molecule has 1 aliphatic rings. The van der Waals surface area contributed by atoms with E-state index in [0.717, 1.165) is 28.2 Å². The van der Waals surface area contributed by atoms with Crippen molar-refractivity contribution in [2.75, 3.05) is 43.6 Å². The summed E-state index contributed by atoms with van der Waals surface area (Å²) in [7, 11) is 3.53. The van der Waals surface area contributed by atoms with Crippen LogP contribution in [0.25, 0.3) is 0 Å². The molecule has 8 nitrogen and oxygen atoms in total. The van der Waals surface area contributed by atoms with Gasteiger partial charge in [-0.15, -0.1) is 0 Å². The van der Waals surface area contributed by atoms with E-state index in [1.54, 1.807) is 11.1 Å². The van der Waals surface area contributed by atoms with Gasteiger partial charge in [0.15, 0.2) is 0 Å². The molecule has 3 aromatic rings. The molecule has 2 aromatic carbocycles. The molecule has 0 radical (unpaired) electrons. The average molecular weight is 489 g/mol. The Hall–Kier alpha value is -3.91. The first kappa shape index (κ1) is 25.2. The van der Waals surface area contributed by atoms with E-state index in [0.29, 0.717) is 31.7 Å². The SMILES string of the molecule is CNC(=O)OCCC(OCc1cccc(N2CCN(C)c3cc(C)ncc3C2=O)c1)c1ccccc1. The Morgan fingerprint density at radius 3 is 2.69 bits per heavy atom. The summed E-state index contributed by atoms with van der Waals surface area (Å²) >= 11 is 0. The number of pyridine rings is 1. The fourth-order valence-electron chi connectivity index (χ4n) is 4.25. The highest BCUT2D eigenvalue weighted by atomic mass is 16.5. The molecule has 1 unspecified atom stereocenters. The summed E-state index contributed by atoms with van der Waals surface area (Å²) in [6.45, 7) is 3.80. The summed E-state index contributed by atoms with van der Waals surface area (Å²) in [6.07, 6.45) is 1.49. The van der Waals surface area contributed by atoms with Crippen molar-refractivity contribution >= 4 is 23.4 Å². The molecule has 1 aliphatic heterocycles.